The van der Waals surface area contributed by atoms with E-state index >= 15 is 0 Å². The molecule has 3 heterocycles. The molecule has 1 fully saturated rings. The van der Waals surface area contributed by atoms with E-state index in [9.17, 15) is 4.79 Å². The number of fused-ring (bicyclic) bond motifs is 1. The number of amides is 1. The summed E-state index contributed by atoms with van der Waals surface area (Å²) < 4.78 is 7.36. The van der Waals surface area contributed by atoms with Crippen LogP contribution in [0.2, 0.25) is 5.02 Å². The van der Waals surface area contributed by atoms with Crippen molar-refractivity contribution in [1.29, 1.82) is 0 Å². The molecule has 0 radical (unpaired) electrons. The van der Waals surface area contributed by atoms with E-state index in [-0.39, 0.29) is 5.92 Å². The summed E-state index contributed by atoms with van der Waals surface area (Å²) in [6.45, 7) is 12.5. The molecule has 1 unspecified atom stereocenters. The minimum absolute atomic E-state index is 0.146. The van der Waals surface area contributed by atoms with E-state index in [0.29, 0.717) is 34.6 Å². The first-order valence-electron chi connectivity index (χ1n) is 12.2. The number of halogens is 1. The number of nitrogens with one attached hydrogen (secondary N) is 2. The van der Waals surface area contributed by atoms with Gasteiger partial charge in [0.2, 0.25) is 12.4 Å². The number of carbonyl (C=O) groups excluding carboxylic acids is 1. The maximum Gasteiger partial charge on any atom is 0.225 e. The van der Waals surface area contributed by atoms with Crippen LogP contribution in [-0.4, -0.2) is 70.5 Å². The van der Waals surface area contributed by atoms with Gasteiger partial charge < -0.3 is 15.4 Å². The summed E-state index contributed by atoms with van der Waals surface area (Å²) >= 11 is 6.32. The van der Waals surface area contributed by atoms with Crippen LogP contribution in [0.15, 0.2) is 24.4 Å². The second-order valence-electron chi connectivity index (χ2n) is 9.36. The number of nitrogens with zero attached hydrogens (tertiary/aromatic N) is 5. The van der Waals surface area contributed by atoms with E-state index in [1.54, 1.807) is 6.07 Å². The number of ether oxygens (including phenoxy) is 1. The van der Waals surface area contributed by atoms with Crippen molar-refractivity contribution < 1.29 is 9.53 Å². The van der Waals surface area contributed by atoms with Gasteiger partial charge in [0.1, 0.15) is 0 Å². The van der Waals surface area contributed by atoms with E-state index in [4.69, 9.17) is 31.4 Å². The van der Waals surface area contributed by atoms with Crippen LogP contribution in [-0.2, 0) is 16.1 Å². The first-order chi connectivity index (χ1) is 16.9. The molecule has 1 aromatic carbocycles. The minimum Gasteiger partial charge on any atom is -0.379 e. The Labute approximate surface area is 211 Å². The molecule has 1 aliphatic rings. The first kappa shape index (κ1) is 25.3. The predicted octanol–water partition coefficient (Wildman–Crippen LogP) is 3.99. The minimum atomic E-state index is -0.146. The third-order valence-corrected chi connectivity index (χ3v) is 6.39. The van der Waals surface area contributed by atoms with Gasteiger partial charge in [-0.3, -0.25) is 14.4 Å². The lowest BCUT2D eigenvalue weighted by molar-refractivity contribution is -0.105. The van der Waals surface area contributed by atoms with E-state index in [0.717, 1.165) is 69.0 Å². The van der Waals surface area contributed by atoms with E-state index in [2.05, 4.69) is 36.3 Å². The van der Waals surface area contributed by atoms with E-state index < -0.39 is 0 Å². The summed E-state index contributed by atoms with van der Waals surface area (Å²) in [7, 11) is 0. The molecule has 0 saturated carbocycles. The molecule has 2 aromatic heterocycles. The maximum absolute atomic E-state index is 11.2. The van der Waals surface area contributed by atoms with Crippen LogP contribution in [0.1, 0.15) is 44.4 Å². The molecule has 0 bridgehead atoms. The standard InChI is InChI=1S/C25H34ClN7O2/c1-17(2)14-33-15-21-23(18(3)20-13-19(26)5-6-22(20)28-16-34)29-25(30-24(21)31-33)27-7-4-8-32-9-11-35-12-10-32/h5-6,13,15-18H,4,7-12,14H2,1-3H3,(H,28,34)(H,27,30,31). The van der Waals surface area contributed by atoms with Gasteiger partial charge in [0, 0.05) is 49.0 Å². The molecule has 1 aliphatic heterocycles. The summed E-state index contributed by atoms with van der Waals surface area (Å²) in [4.78, 5) is 23.2. The lowest BCUT2D eigenvalue weighted by atomic mass is 9.94. The lowest BCUT2D eigenvalue weighted by Crippen LogP contribution is -2.37. The third kappa shape index (κ3) is 6.48. The number of morpholine rings is 1. The van der Waals surface area contributed by atoms with Gasteiger partial charge in [-0.05, 0) is 42.6 Å². The van der Waals surface area contributed by atoms with E-state index in [1.165, 1.54) is 0 Å². The van der Waals surface area contributed by atoms with Gasteiger partial charge in [-0.1, -0.05) is 32.4 Å². The van der Waals surface area contributed by atoms with Crippen LogP contribution in [0.25, 0.3) is 11.0 Å². The average Bonchev–Trinajstić information content (AvgIpc) is 3.24. The highest BCUT2D eigenvalue weighted by atomic mass is 35.5. The third-order valence-electron chi connectivity index (χ3n) is 6.15. The van der Waals surface area contributed by atoms with Crippen LogP contribution in [0.3, 0.4) is 0 Å². The Morgan fingerprint density at radius 3 is 2.74 bits per heavy atom. The van der Waals surface area contributed by atoms with Crippen molar-refractivity contribution in [3.8, 4) is 0 Å². The Kier molecular flexibility index (Phi) is 8.54. The monoisotopic (exact) mass is 499 g/mol. The van der Waals surface area contributed by atoms with Crippen molar-refractivity contribution >= 4 is 40.7 Å². The zero-order chi connectivity index (χ0) is 24.8. The molecule has 1 amide bonds. The molecular weight excluding hydrogens is 466 g/mol. The van der Waals surface area contributed by atoms with Crippen molar-refractivity contribution in [2.24, 2.45) is 5.92 Å². The number of carbonyl (C=O) groups is 1. The Morgan fingerprint density at radius 1 is 1.20 bits per heavy atom. The summed E-state index contributed by atoms with van der Waals surface area (Å²) in [5.74, 6) is 0.863. The fourth-order valence-corrected chi connectivity index (χ4v) is 4.59. The smallest absolute Gasteiger partial charge is 0.225 e. The van der Waals surface area contributed by atoms with Gasteiger partial charge in [0.25, 0.3) is 0 Å². The molecular formula is C25H34ClN7O2. The van der Waals surface area contributed by atoms with Gasteiger partial charge in [0.05, 0.1) is 24.3 Å². The molecule has 3 aromatic rings. The molecule has 1 saturated heterocycles. The van der Waals surface area contributed by atoms with Crippen LogP contribution in [0, 0.1) is 5.92 Å². The number of hydrogen-bond donors (Lipinski definition) is 2. The number of aromatic nitrogens is 4. The number of rotatable bonds is 11. The highest BCUT2D eigenvalue weighted by Crippen LogP contribution is 2.34. The van der Waals surface area contributed by atoms with Gasteiger partial charge in [-0.15, -0.1) is 0 Å². The molecule has 1 atom stereocenters. The van der Waals surface area contributed by atoms with Gasteiger partial charge in [0.15, 0.2) is 5.65 Å². The van der Waals surface area contributed by atoms with Crippen molar-refractivity contribution in [3.05, 3.63) is 40.7 Å². The Balaban J connectivity index is 1.61. The van der Waals surface area contributed by atoms with Crippen LogP contribution < -0.4 is 10.6 Å². The fourth-order valence-electron chi connectivity index (χ4n) is 4.41. The van der Waals surface area contributed by atoms with Crippen molar-refractivity contribution in [1.82, 2.24) is 24.6 Å². The largest absolute Gasteiger partial charge is 0.379 e. The summed E-state index contributed by atoms with van der Waals surface area (Å²) in [5.41, 5.74) is 3.10. The second kappa shape index (κ2) is 11.8. The molecule has 0 aliphatic carbocycles. The number of anilines is 2. The Morgan fingerprint density at radius 2 is 2.00 bits per heavy atom. The van der Waals surface area contributed by atoms with E-state index in [1.807, 2.05) is 23.0 Å². The average molecular weight is 500 g/mol. The SMILES string of the molecule is CC(C)Cn1cc2c(C(C)c3cc(Cl)ccc3NC=O)nc(NCCCN3CCOCC3)nc2n1. The Hall–Kier alpha value is -2.75. The molecule has 188 valence electrons. The van der Waals surface area contributed by atoms with Crippen LogP contribution in [0.5, 0.6) is 0 Å². The predicted molar refractivity (Wildman–Crippen MR) is 139 cm³/mol. The second-order valence-corrected chi connectivity index (χ2v) is 9.80. The van der Waals surface area contributed by atoms with Crippen molar-refractivity contribution in [3.63, 3.8) is 0 Å². The fraction of sp³-hybridized carbons (Fsp3) is 0.520. The van der Waals surface area contributed by atoms with Crippen molar-refractivity contribution in [2.75, 3.05) is 50.0 Å². The number of benzene rings is 1. The first-order valence-corrected chi connectivity index (χ1v) is 12.6. The highest BCUT2D eigenvalue weighted by molar-refractivity contribution is 6.30. The summed E-state index contributed by atoms with van der Waals surface area (Å²) in [6, 6.07) is 5.45. The topological polar surface area (TPSA) is 97.2 Å². The zero-order valence-corrected chi connectivity index (χ0v) is 21.4. The molecule has 9 nitrogen and oxygen atoms in total. The van der Waals surface area contributed by atoms with Crippen LogP contribution >= 0.6 is 11.6 Å². The molecule has 10 heteroatoms. The van der Waals surface area contributed by atoms with Crippen molar-refractivity contribution in [2.45, 2.75) is 39.7 Å². The molecule has 0 spiro atoms. The quantitative estimate of drug-likeness (QED) is 0.304. The Bertz CT molecular complexity index is 1140. The molecule has 2 N–H and O–H groups in total. The van der Waals surface area contributed by atoms with Gasteiger partial charge in [-0.25, -0.2) is 4.98 Å². The maximum atomic E-state index is 11.2. The highest BCUT2D eigenvalue weighted by Gasteiger charge is 2.21. The number of hydrogen-bond acceptors (Lipinski definition) is 7. The zero-order valence-electron chi connectivity index (χ0n) is 20.6. The molecule has 35 heavy (non-hydrogen) atoms. The normalized spacial score (nSPS) is 15.5. The summed E-state index contributed by atoms with van der Waals surface area (Å²) in [6.07, 6.45) is 3.67. The van der Waals surface area contributed by atoms with Crippen LogP contribution in [0.4, 0.5) is 11.6 Å². The molecule has 4 rings (SSSR count). The van der Waals surface area contributed by atoms with Gasteiger partial charge >= 0.3 is 0 Å². The van der Waals surface area contributed by atoms with Gasteiger partial charge in [-0.2, -0.15) is 10.1 Å². The summed E-state index contributed by atoms with van der Waals surface area (Å²) in [5, 5.41) is 12.4. The lowest BCUT2D eigenvalue weighted by Gasteiger charge is -2.26.